The molecule has 0 saturated carbocycles. The van der Waals surface area contributed by atoms with E-state index < -0.39 is 0 Å². The number of rotatable bonds is 3. The molecule has 4 rings (SSSR count). The van der Waals surface area contributed by atoms with Crippen molar-refractivity contribution in [3.63, 3.8) is 0 Å². The van der Waals surface area contributed by atoms with Crippen LogP contribution in [0.15, 0.2) is 47.1 Å². The number of carbonyl (C=O) groups excluding carboxylic acids is 2. The monoisotopic (exact) mass is 384 g/mol. The molecule has 0 unspecified atom stereocenters. The molecule has 1 aromatic carbocycles. The highest BCUT2D eigenvalue weighted by atomic mass is 32.2. The first-order valence-corrected chi connectivity index (χ1v) is 10.5. The van der Waals surface area contributed by atoms with Crippen LogP contribution in [-0.4, -0.2) is 51.9 Å². The fraction of sp³-hybridized carbons (Fsp3) is 0.429. The molecular weight excluding hydrogens is 360 g/mol. The van der Waals surface area contributed by atoms with Crippen molar-refractivity contribution in [3.05, 3.63) is 59.5 Å². The molecule has 0 atom stereocenters. The van der Waals surface area contributed by atoms with Gasteiger partial charge < -0.3 is 14.2 Å². The van der Waals surface area contributed by atoms with Crippen LogP contribution in [0.3, 0.4) is 0 Å². The lowest BCUT2D eigenvalue weighted by atomic mass is 10.0. The molecule has 6 heteroatoms. The number of hydrogen-bond donors (Lipinski definition) is 0. The van der Waals surface area contributed by atoms with E-state index in [1.807, 2.05) is 45.8 Å². The Kier molecular flexibility index (Phi) is 5.00. The second-order valence-corrected chi connectivity index (χ2v) is 8.53. The van der Waals surface area contributed by atoms with E-state index in [9.17, 15) is 9.59 Å². The summed E-state index contributed by atoms with van der Waals surface area (Å²) in [5.41, 5.74) is 1.98. The van der Waals surface area contributed by atoms with Gasteiger partial charge in [0.1, 0.15) is 0 Å². The summed E-state index contributed by atoms with van der Waals surface area (Å²) in [5.74, 6) is 1.37. The van der Waals surface area contributed by atoms with Crippen LogP contribution in [0.1, 0.15) is 46.2 Å². The molecule has 0 N–H and O–H groups in total. The number of hydrogen-bond acceptors (Lipinski definition) is 4. The highest BCUT2D eigenvalue weighted by Gasteiger charge is 2.47. The summed E-state index contributed by atoms with van der Waals surface area (Å²) in [6.45, 7) is 4.18. The number of likely N-dealkylation sites (tertiary alicyclic amines) is 1. The Morgan fingerprint density at radius 3 is 2.44 bits per heavy atom. The third-order valence-corrected chi connectivity index (χ3v) is 7.15. The summed E-state index contributed by atoms with van der Waals surface area (Å²) in [4.78, 5) is 29.3. The van der Waals surface area contributed by atoms with Crippen molar-refractivity contribution in [2.24, 2.45) is 0 Å². The van der Waals surface area contributed by atoms with E-state index in [2.05, 4.69) is 6.92 Å². The molecule has 2 fully saturated rings. The maximum absolute atomic E-state index is 12.8. The zero-order valence-corrected chi connectivity index (χ0v) is 16.3. The first-order chi connectivity index (χ1) is 13.1. The number of furan rings is 1. The Morgan fingerprint density at radius 1 is 1.07 bits per heavy atom. The lowest BCUT2D eigenvalue weighted by Gasteiger charge is -2.43. The molecule has 0 bridgehead atoms. The number of amides is 2. The van der Waals surface area contributed by atoms with Gasteiger partial charge in [0.05, 0.1) is 11.1 Å². The van der Waals surface area contributed by atoms with Crippen LogP contribution < -0.4 is 0 Å². The average molecular weight is 385 g/mol. The number of piperidine rings is 1. The molecule has 1 spiro atoms. The van der Waals surface area contributed by atoms with Crippen molar-refractivity contribution in [2.75, 3.05) is 25.4 Å². The van der Waals surface area contributed by atoms with E-state index in [1.165, 1.54) is 11.8 Å². The van der Waals surface area contributed by atoms with Crippen molar-refractivity contribution < 1.29 is 14.0 Å². The number of carbonyl (C=O) groups is 2. The van der Waals surface area contributed by atoms with Gasteiger partial charge in [0, 0.05) is 31.0 Å². The molecule has 2 aliphatic rings. The Bertz CT molecular complexity index is 808. The minimum absolute atomic E-state index is 0.0417. The summed E-state index contributed by atoms with van der Waals surface area (Å²) in [6, 6.07) is 11.3. The smallest absolute Gasteiger partial charge is 0.290 e. The van der Waals surface area contributed by atoms with Gasteiger partial charge in [-0.3, -0.25) is 9.59 Å². The van der Waals surface area contributed by atoms with Crippen LogP contribution in [0.4, 0.5) is 0 Å². The SMILES string of the molecule is CCc1ccc(C(=O)N2CCC3(CC2)SCCN3C(=O)c2ccco2)cc1. The van der Waals surface area contributed by atoms with Gasteiger partial charge >= 0.3 is 0 Å². The van der Waals surface area contributed by atoms with Crippen LogP contribution >= 0.6 is 11.8 Å². The molecule has 27 heavy (non-hydrogen) atoms. The van der Waals surface area contributed by atoms with Gasteiger partial charge in [-0.2, -0.15) is 0 Å². The lowest BCUT2D eigenvalue weighted by molar-refractivity contribution is 0.0477. The van der Waals surface area contributed by atoms with Gasteiger partial charge in [-0.1, -0.05) is 19.1 Å². The molecule has 3 heterocycles. The maximum Gasteiger partial charge on any atom is 0.290 e. The zero-order valence-electron chi connectivity index (χ0n) is 15.5. The number of aryl methyl sites for hydroxylation is 1. The van der Waals surface area contributed by atoms with Crippen LogP contribution in [-0.2, 0) is 6.42 Å². The van der Waals surface area contributed by atoms with E-state index >= 15 is 0 Å². The van der Waals surface area contributed by atoms with Gasteiger partial charge in [0.2, 0.25) is 0 Å². The Hall–Kier alpha value is -2.21. The molecule has 0 aliphatic carbocycles. The molecule has 142 valence electrons. The molecule has 2 aromatic rings. The fourth-order valence-electron chi connectivity index (χ4n) is 3.97. The third-order valence-electron chi connectivity index (χ3n) is 5.60. The number of thioether (sulfide) groups is 1. The highest BCUT2D eigenvalue weighted by molar-refractivity contribution is 8.00. The molecule has 2 saturated heterocycles. The second-order valence-electron chi connectivity index (χ2n) is 7.07. The van der Waals surface area contributed by atoms with Crippen molar-refractivity contribution >= 4 is 23.6 Å². The number of nitrogens with zero attached hydrogens (tertiary/aromatic N) is 2. The zero-order chi connectivity index (χ0) is 18.9. The average Bonchev–Trinajstić information content (AvgIpc) is 3.38. The van der Waals surface area contributed by atoms with Gasteiger partial charge in [-0.15, -0.1) is 11.8 Å². The summed E-state index contributed by atoms with van der Waals surface area (Å²) < 4.78 is 5.31. The minimum Gasteiger partial charge on any atom is -0.459 e. The van der Waals surface area contributed by atoms with Crippen molar-refractivity contribution in [2.45, 2.75) is 31.1 Å². The molecule has 5 nitrogen and oxygen atoms in total. The predicted octanol–water partition coefficient (Wildman–Crippen LogP) is 3.66. The lowest BCUT2D eigenvalue weighted by Crippen LogP contribution is -2.53. The molecule has 1 aromatic heterocycles. The van der Waals surface area contributed by atoms with Crippen LogP contribution in [0, 0.1) is 0 Å². The summed E-state index contributed by atoms with van der Waals surface area (Å²) >= 11 is 1.84. The third kappa shape index (κ3) is 3.38. The fourth-order valence-corrected chi connectivity index (χ4v) is 5.42. The van der Waals surface area contributed by atoms with Crippen LogP contribution in [0.25, 0.3) is 0 Å². The standard InChI is InChI=1S/C21H24N2O3S/c1-2-16-5-7-17(8-6-16)19(24)22-11-9-21(10-12-22)23(13-15-27-21)20(25)18-4-3-14-26-18/h3-8,14H,2,9-13,15H2,1H3. The van der Waals surface area contributed by atoms with Crippen molar-refractivity contribution in [1.29, 1.82) is 0 Å². The Balaban J connectivity index is 1.44. The topological polar surface area (TPSA) is 53.8 Å². The van der Waals surface area contributed by atoms with E-state index in [4.69, 9.17) is 4.42 Å². The Labute approximate surface area is 163 Å². The van der Waals surface area contributed by atoms with E-state index in [-0.39, 0.29) is 16.7 Å². The molecule has 2 aliphatic heterocycles. The summed E-state index contributed by atoms with van der Waals surface area (Å²) in [5, 5.41) is 0. The summed E-state index contributed by atoms with van der Waals surface area (Å²) in [7, 11) is 0. The normalized spacial score (nSPS) is 18.9. The minimum atomic E-state index is -0.216. The molecular formula is C21H24N2O3S. The highest BCUT2D eigenvalue weighted by Crippen LogP contribution is 2.44. The van der Waals surface area contributed by atoms with E-state index in [0.717, 1.165) is 37.1 Å². The molecule has 2 amide bonds. The van der Waals surface area contributed by atoms with Crippen LogP contribution in [0.2, 0.25) is 0 Å². The predicted molar refractivity (Wildman–Crippen MR) is 106 cm³/mol. The van der Waals surface area contributed by atoms with Gasteiger partial charge in [-0.05, 0) is 49.1 Å². The summed E-state index contributed by atoms with van der Waals surface area (Å²) in [6.07, 6.45) is 4.09. The van der Waals surface area contributed by atoms with E-state index in [1.54, 1.807) is 12.1 Å². The first-order valence-electron chi connectivity index (χ1n) is 9.50. The largest absolute Gasteiger partial charge is 0.459 e. The van der Waals surface area contributed by atoms with Gasteiger partial charge in [0.15, 0.2) is 5.76 Å². The Morgan fingerprint density at radius 2 is 1.81 bits per heavy atom. The first kappa shape index (κ1) is 18.2. The van der Waals surface area contributed by atoms with E-state index in [0.29, 0.717) is 18.8 Å². The van der Waals surface area contributed by atoms with Crippen LogP contribution in [0.5, 0.6) is 0 Å². The number of benzene rings is 1. The quantitative estimate of drug-likeness (QED) is 0.810. The van der Waals surface area contributed by atoms with Gasteiger partial charge in [-0.25, -0.2) is 0 Å². The maximum atomic E-state index is 12.8. The van der Waals surface area contributed by atoms with Crippen molar-refractivity contribution in [1.82, 2.24) is 9.80 Å². The van der Waals surface area contributed by atoms with Crippen molar-refractivity contribution in [3.8, 4) is 0 Å². The molecule has 0 radical (unpaired) electrons. The second kappa shape index (κ2) is 7.43. The van der Waals surface area contributed by atoms with Gasteiger partial charge in [0.25, 0.3) is 11.8 Å².